The number of anilines is 1. The lowest BCUT2D eigenvalue weighted by molar-refractivity contribution is 0.0989. The number of nitrogens with zero attached hydrogens (tertiary/aromatic N) is 2. The van der Waals surface area contributed by atoms with E-state index in [9.17, 15) is 17.4 Å². The van der Waals surface area contributed by atoms with Crippen molar-refractivity contribution in [3.05, 3.63) is 53.6 Å². The van der Waals surface area contributed by atoms with Crippen LogP contribution in [-0.2, 0) is 27.2 Å². The SMILES string of the molecule is CS(=O)c1ccc(C(=O)N2CCc3cc(S(=O)(=O)N4CCCCC4)ccc32)cc1. The summed E-state index contributed by atoms with van der Waals surface area (Å²) in [6.45, 7) is 1.66. The number of hydrogen-bond donors (Lipinski definition) is 0. The van der Waals surface area contributed by atoms with Crippen LogP contribution in [0.4, 0.5) is 5.69 Å². The van der Waals surface area contributed by atoms with Crippen LogP contribution in [-0.4, -0.2) is 48.7 Å². The molecule has 8 heteroatoms. The number of benzene rings is 2. The molecule has 1 saturated heterocycles. The van der Waals surface area contributed by atoms with E-state index in [1.807, 2.05) is 0 Å². The van der Waals surface area contributed by atoms with Gasteiger partial charge < -0.3 is 4.90 Å². The third-order valence-corrected chi connectivity index (χ3v) is 8.41. The quantitative estimate of drug-likeness (QED) is 0.745. The fraction of sp³-hybridized carbons (Fsp3) is 0.381. The zero-order valence-electron chi connectivity index (χ0n) is 16.3. The van der Waals surface area contributed by atoms with Gasteiger partial charge in [-0.2, -0.15) is 4.31 Å². The molecular formula is C21H24N2O4S2. The Morgan fingerprint density at radius 2 is 1.66 bits per heavy atom. The molecule has 0 spiro atoms. The molecule has 4 rings (SSSR count). The van der Waals surface area contributed by atoms with Crippen LogP contribution in [0.15, 0.2) is 52.3 Å². The Morgan fingerprint density at radius 1 is 0.966 bits per heavy atom. The van der Waals surface area contributed by atoms with Crippen molar-refractivity contribution in [1.82, 2.24) is 4.31 Å². The molecule has 1 fully saturated rings. The van der Waals surface area contributed by atoms with Crippen molar-refractivity contribution in [3.8, 4) is 0 Å². The summed E-state index contributed by atoms with van der Waals surface area (Å²) >= 11 is 0. The Morgan fingerprint density at radius 3 is 2.31 bits per heavy atom. The normalized spacial score (nSPS) is 18.4. The number of amides is 1. The fourth-order valence-electron chi connectivity index (χ4n) is 3.95. The number of piperidine rings is 1. The van der Waals surface area contributed by atoms with Crippen molar-refractivity contribution in [3.63, 3.8) is 0 Å². The molecule has 0 aliphatic carbocycles. The highest BCUT2D eigenvalue weighted by atomic mass is 32.2. The van der Waals surface area contributed by atoms with E-state index in [1.165, 1.54) is 0 Å². The molecule has 0 aromatic heterocycles. The minimum Gasteiger partial charge on any atom is -0.308 e. The molecule has 154 valence electrons. The second kappa shape index (κ2) is 8.01. The molecule has 2 heterocycles. The van der Waals surface area contributed by atoms with E-state index in [-0.39, 0.29) is 5.91 Å². The van der Waals surface area contributed by atoms with E-state index in [0.717, 1.165) is 30.5 Å². The van der Waals surface area contributed by atoms with Gasteiger partial charge in [-0.3, -0.25) is 9.00 Å². The molecular weight excluding hydrogens is 408 g/mol. The summed E-state index contributed by atoms with van der Waals surface area (Å²) in [5, 5.41) is 0. The highest BCUT2D eigenvalue weighted by Crippen LogP contribution is 2.32. The fourth-order valence-corrected chi connectivity index (χ4v) is 6.04. The third kappa shape index (κ3) is 3.89. The summed E-state index contributed by atoms with van der Waals surface area (Å²) in [5.74, 6) is -0.135. The molecule has 6 nitrogen and oxygen atoms in total. The summed E-state index contributed by atoms with van der Waals surface area (Å²) in [6, 6.07) is 11.8. The van der Waals surface area contributed by atoms with Crippen LogP contribution < -0.4 is 4.90 Å². The molecule has 0 saturated carbocycles. The highest BCUT2D eigenvalue weighted by molar-refractivity contribution is 7.89. The number of rotatable bonds is 4. The lowest BCUT2D eigenvalue weighted by atomic mass is 10.1. The molecule has 1 atom stereocenters. The van der Waals surface area contributed by atoms with Crippen LogP contribution in [0.3, 0.4) is 0 Å². The van der Waals surface area contributed by atoms with Gasteiger partial charge in [0.25, 0.3) is 5.91 Å². The van der Waals surface area contributed by atoms with Gasteiger partial charge in [0.15, 0.2) is 0 Å². The molecule has 2 aliphatic heterocycles. The van der Waals surface area contributed by atoms with E-state index < -0.39 is 20.8 Å². The molecule has 1 amide bonds. The molecule has 2 aliphatic rings. The summed E-state index contributed by atoms with van der Waals surface area (Å²) in [4.78, 5) is 15.6. The predicted molar refractivity (Wildman–Crippen MR) is 113 cm³/mol. The Kier molecular flexibility index (Phi) is 5.59. The van der Waals surface area contributed by atoms with Crippen molar-refractivity contribution in [2.75, 3.05) is 30.8 Å². The summed E-state index contributed by atoms with van der Waals surface area (Å²) in [6.07, 6.45) is 5.10. The van der Waals surface area contributed by atoms with Gasteiger partial charge in [0.1, 0.15) is 0 Å². The summed E-state index contributed by atoms with van der Waals surface area (Å²) < 4.78 is 39.0. The average Bonchev–Trinajstić information content (AvgIpc) is 3.17. The van der Waals surface area contributed by atoms with Crippen LogP contribution in [0.25, 0.3) is 0 Å². The minimum atomic E-state index is -3.49. The Hall–Kier alpha value is -2.03. The average molecular weight is 433 g/mol. The Bertz CT molecular complexity index is 1060. The van der Waals surface area contributed by atoms with Gasteiger partial charge >= 0.3 is 0 Å². The van der Waals surface area contributed by atoms with Gasteiger partial charge in [-0.25, -0.2) is 8.42 Å². The van der Waals surface area contributed by atoms with E-state index >= 15 is 0 Å². The maximum Gasteiger partial charge on any atom is 0.258 e. The molecule has 2 aromatic carbocycles. The van der Waals surface area contributed by atoms with Gasteiger partial charge in [0.05, 0.1) is 4.90 Å². The number of fused-ring (bicyclic) bond motifs is 1. The van der Waals surface area contributed by atoms with Crippen LogP contribution in [0.1, 0.15) is 35.2 Å². The van der Waals surface area contributed by atoms with Crippen LogP contribution in [0, 0.1) is 0 Å². The van der Waals surface area contributed by atoms with Gasteiger partial charge in [-0.05, 0) is 67.3 Å². The minimum absolute atomic E-state index is 0.135. The zero-order chi connectivity index (χ0) is 20.6. The first-order valence-corrected chi connectivity index (χ1v) is 12.8. The lowest BCUT2D eigenvalue weighted by Gasteiger charge is -2.26. The van der Waals surface area contributed by atoms with E-state index in [1.54, 1.807) is 57.9 Å². The second-order valence-electron chi connectivity index (χ2n) is 7.44. The van der Waals surface area contributed by atoms with Gasteiger partial charge in [0, 0.05) is 52.8 Å². The monoisotopic (exact) mass is 432 g/mol. The molecule has 1 unspecified atom stereocenters. The third-order valence-electron chi connectivity index (χ3n) is 5.58. The van der Waals surface area contributed by atoms with Gasteiger partial charge in [-0.15, -0.1) is 0 Å². The maximum absolute atomic E-state index is 12.9. The summed E-state index contributed by atoms with van der Waals surface area (Å²) in [7, 11) is -4.57. The standard InChI is InChI=1S/C21H24N2O4S2/c1-28(25)18-7-5-16(6-8-18)21(24)23-14-11-17-15-19(9-10-20(17)23)29(26,27)22-12-3-2-4-13-22/h5-10,15H,2-4,11-14H2,1H3. The molecule has 0 radical (unpaired) electrons. The molecule has 0 bridgehead atoms. The van der Waals surface area contributed by atoms with Crippen LogP contribution >= 0.6 is 0 Å². The van der Waals surface area contributed by atoms with Crippen LogP contribution in [0.2, 0.25) is 0 Å². The Labute approximate surface area is 174 Å². The molecule has 0 N–H and O–H groups in total. The first-order valence-electron chi connectivity index (χ1n) is 9.76. The van der Waals surface area contributed by atoms with Crippen molar-refractivity contribution >= 4 is 32.4 Å². The van der Waals surface area contributed by atoms with Crippen molar-refractivity contribution in [2.45, 2.75) is 35.5 Å². The Balaban J connectivity index is 1.58. The maximum atomic E-state index is 12.9. The first kappa shape index (κ1) is 20.3. The predicted octanol–water partition coefficient (Wildman–Crippen LogP) is 2.80. The first-order chi connectivity index (χ1) is 13.9. The number of carbonyl (C=O) groups excluding carboxylic acids is 1. The molecule has 29 heavy (non-hydrogen) atoms. The van der Waals surface area contributed by atoms with Crippen molar-refractivity contribution in [2.24, 2.45) is 0 Å². The van der Waals surface area contributed by atoms with Gasteiger partial charge in [-0.1, -0.05) is 6.42 Å². The van der Waals surface area contributed by atoms with E-state index in [4.69, 9.17) is 0 Å². The second-order valence-corrected chi connectivity index (χ2v) is 10.8. The highest BCUT2D eigenvalue weighted by Gasteiger charge is 2.30. The van der Waals surface area contributed by atoms with Crippen molar-refractivity contribution < 1.29 is 17.4 Å². The number of carbonyl (C=O) groups is 1. The topological polar surface area (TPSA) is 74.8 Å². The summed E-state index contributed by atoms with van der Waals surface area (Å²) in [5.41, 5.74) is 2.16. The van der Waals surface area contributed by atoms with Gasteiger partial charge in [0.2, 0.25) is 10.0 Å². The number of sulfonamides is 1. The number of hydrogen-bond acceptors (Lipinski definition) is 4. The van der Waals surface area contributed by atoms with E-state index in [2.05, 4.69) is 0 Å². The van der Waals surface area contributed by atoms with Crippen LogP contribution in [0.5, 0.6) is 0 Å². The largest absolute Gasteiger partial charge is 0.308 e. The smallest absolute Gasteiger partial charge is 0.258 e. The molecule has 2 aromatic rings. The lowest BCUT2D eigenvalue weighted by Crippen LogP contribution is -2.35. The van der Waals surface area contributed by atoms with E-state index in [0.29, 0.717) is 41.4 Å². The van der Waals surface area contributed by atoms with Crippen molar-refractivity contribution in [1.29, 1.82) is 0 Å². The zero-order valence-corrected chi connectivity index (χ0v) is 18.0.